The molecule has 1 saturated heterocycles. The lowest BCUT2D eigenvalue weighted by atomic mass is 9.94. The number of hydrogen-bond acceptors (Lipinski definition) is 8. The van der Waals surface area contributed by atoms with E-state index in [-0.39, 0.29) is 5.91 Å². The second-order valence-electron chi connectivity index (χ2n) is 7.73. The molecule has 8 nitrogen and oxygen atoms in total. The summed E-state index contributed by atoms with van der Waals surface area (Å²) in [5.41, 5.74) is 3.52. The molecule has 0 aliphatic carbocycles. The zero-order valence-electron chi connectivity index (χ0n) is 18.0. The van der Waals surface area contributed by atoms with Gasteiger partial charge >= 0.3 is 0 Å². The van der Waals surface area contributed by atoms with Gasteiger partial charge in [0.25, 0.3) is 5.91 Å². The fourth-order valence-corrected chi connectivity index (χ4v) is 5.10. The second-order valence-corrected chi connectivity index (χ2v) is 8.71. The van der Waals surface area contributed by atoms with Crippen LogP contribution >= 0.6 is 11.3 Å². The van der Waals surface area contributed by atoms with E-state index >= 15 is 0 Å². The third kappa shape index (κ3) is 4.73. The first-order chi connectivity index (χ1) is 15.1. The molecular formula is C22H28N4O4S. The van der Waals surface area contributed by atoms with Gasteiger partial charge in [-0.2, -0.15) is 0 Å². The molecule has 1 fully saturated rings. The summed E-state index contributed by atoms with van der Waals surface area (Å²) in [5.74, 6) is 0.545. The van der Waals surface area contributed by atoms with Crippen LogP contribution in [0.3, 0.4) is 0 Å². The van der Waals surface area contributed by atoms with Gasteiger partial charge in [0, 0.05) is 39.3 Å². The molecule has 2 aliphatic heterocycles. The van der Waals surface area contributed by atoms with E-state index in [1.165, 1.54) is 11.3 Å². The largest absolute Gasteiger partial charge is 0.496 e. The highest BCUT2D eigenvalue weighted by Gasteiger charge is 2.25. The minimum absolute atomic E-state index is 0.0695. The predicted octanol–water partition coefficient (Wildman–Crippen LogP) is 1.90. The Kier molecular flexibility index (Phi) is 6.84. The zero-order valence-corrected chi connectivity index (χ0v) is 18.8. The molecule has 31 heavy (non-hydrogen) atoms. The highest BCUT2D eigenvalue weighted by Crippen LogP contribution is 2.33. The number of anilines is 1. The molecule has 1 aromatic heterocycles. The topological polar surface area (TPSA) is 84.0 Å². The Morgan fingerprint density at radius 3 is 2.87 bits per heavy atom. The number of amides is 1. The number of aldehydes is 1. The molecule has 9 heteroatoms. The monoisotopic (exact) mass is 444 g/mol. The van der Waals surface area contributed by atoms with Crippen LogP contribution in [0.1, 0.15) is 36.9 Å². The van der Waals surface area contributed by atoms with Gasteiger partial charge in [-0.05, 0) is 30.5 Å². The zero-order chi connectivity index (χ0) is 21.8. The first kappa shape index (κ1) is 21.7. The number of benzene rings is 1. The molecule has 1 amide bonds. The Morgan fingerprint density at radius 1 is 1.32 bits per heavy atom. The van der Waals surface area contributed by atoms with Crippen molar-refractivity contribution < 1.29 is 19.1 Å². The quantitative estimate of drug-likeness (QED) is 0.653. The summed E-state index contributed by atoms with van der Waals surface area (Å²) < 4.78 is 10.7. The summed E-state index contributed by atoms with van der Waals surface area (Å²) >= 11 is 1.43. The number of morpholine rings is 1. The van der Waals surface area contributed by atoms with Gasteiger partial charge in [0.05, 0.1) is 31.6 Å². The number of carbonyl (C=O) groups is 2. The van der Waals surface area contributed by atoms with Crippen molar-refractivity contribution in [2.75, 3.05) is 57.9 Å². The summed E-state index contributed by atoms with van der Waals surface area (Å²) in [6.07, 6.45) is 1.61. The van der Waals surface area contributed by atoms with Gasteiger partial charge in [-0.25, -0.2) is 4.98 Å². The molecule has 0 radical (unpaired) electrons. The molecule has 4 rings (SSSR count). The van der Waals surface area contributed by atoms with Crippen molar-refractivity contribution in [3.63, 3.8) is 0 Å². The molecule has 0 spiro atoms. The highest BCUT2D eigenvalue weighted by molar-refractivity contribution is 7.17. The summed E-state index contributed by atoms with van der Waals surface area (Å²) in [6.45, 7) is 8.05. The van der Waals surface area contributed by atoms with Gasteiger partial charge in [-0.1, -0.05) is 17.4 Å². The number of ether oxygens (including phenoxy) is 2. The number of aromatic nitrogens is 1. The molecular weight excluding hydrogens is 416 g/mol. The molecule has 0 bridgehead atoms. The van der Waals surface area contributed by atoms with Gasteiger partial charge in [-0.15, -0.1) is 0 Å². The minimum Gasteiger partial charge on any atom is -0.496 e. The van der Waals surface area contributed by atoms with Crippen LogP contribution in [0.25, 0.3) is 0 Å². The molecule has 166 valence electrons. The van der Waals surface area contributed by atoms with Crippen LogP contribution < -0.4 is 15.0 Å². The van der Waals surface area contributed by atoms with Crippen LogP contribution in [0, 0.1) is 6.92 Å². The Hall–Kier alpha value is -2.49. The molecule has 1 aromatic carbocycles. The number of rotatable bonds is 7. The molecule has 0 unspecified atom stereocenters. The highest BCUT2D eigenvalue weighted by atomic mass is 32.1. The number of methoxy groups -OCH3 is 1. The van der Waals surface area contributed by atoms with Crippen LogP contribution in [0.4, 0.5) is 5.13 Å². The lowest BCUT2D eigenvalue weighted by Crippen LogP contribution is -2.41. The molecule has 3 heterocycles. The van der Waals surface area contributed by atoms with Crippen molar-refractivity contribution in [2.45, 2.75) is 19.9 Å². The number of fused-ring (bicyclic) bond motifs is 1. The summed E-state index contributed by atoms with van der Waals surface area (Å²) in [7, 11) is 1.58. The van der Waals surface area contributed by atoms with Gasteiger partial charge < -0.3 is 19.7 Å². The first-order valence-corrected chi connectivity index (χ1v) is 11.4. The maximum Gasteiger partial charge on any atom is 0.263 e. The normalized spacial score (nSPS) is 16.6. The van der Waals surface area contributed by atoms with Crippen molar-refractivity contribution >= 4 is 28.7 Å². The SMILES string of the molecule is COc1ccc2c(c1C=O)CCN(c1nc(C)c(C(=O)NCCN3CCOCC3)s1)C2. The standard InChI is InChI=1S/C22H28N4O4S/c1-15-20(21(28)23-6-8-25-9-11-30-12-10-25)31-22(24-15)26-7-5-17-16(13-26)3-4-19(29-2)18(17)14-27/h3-4,14H,5-13H2,1-2H3,(H,23,28). The van der Waals surface area contributed by atoms with E-state index in [9.17, 15) is 9.59 Å². The van der Waals surface area contributed by atoms with Crippen molar-refractivity contribution in [3.05, 3.63) is 39.4 Å². The maximum atomic E-state index is 12.7. The van der Waals surface area contributed by atoms with Gasteiger partial charge in [-0.3, -0.25) is 14.5 Å². The first-order valence-electron chi connectivity index (χ1n) is 10.5. The molecule has 1 N–H and O–H groups in total. The Balaban J connectivity index is 1.41. The van der Waals surface area contributed by atoms with E-state index in [2.05, 4.69) is 20.1 Å². The Bertz CT molecular complexity index is 955. The number of thiazole rings is 1. The Labute approximate surface area is 186 Å². The van der Waals surface area contributed by atoms with Gasteiger partial charge in [0.1, 0.15) is 10.6 Å². The van der Waals surface area contributed by atoms with Gasteiger partial charge in [0.15, 0.2) is 11.4 Å². The summed E-state index contributed by atoms with van der Waals surface area (Å²) in [4.78, 5) is 34.1. The number of nitrogens with one attached hydrogen (secondary N) is 1. The summed E-state index contributed by atoms with van der Waals surface area (Å²) in [6, 6.07) is 3.85. The minimum atomic E-state index is -0.0695. The summed E-state index contributed by atoms with van der Waals surface area (Å²) in [5, 5.41) is 3.86. The van der Waals surface area contributed by atoms with E-state index in [4.69, 9.17) is 9.47 Å². The smallest absolute Gasteiger partial charge is 0.263 e. The molecule has 2 aromatic rings. The van der Waals surface area contributed by atoms with Crippen molar-refractivity contribution in [1.82, 2.24) is 15.2 Å². The number of carbonyl (C=O) groups excluding carboxylic acids is 2. The number of nitrogens with zero attached hydrogens (tertiary/aromatic N) is 3. The van der Waals surface area contributed by atoms with Crippen LogP contribution in [0.2, 0.25) is 0 Å². The van der Waals surface area contributed by atoms with Gasteiger partial charge in [0.2, 0.25) is 0 Å². The number of aryl methyl sites for hydroxylation is 1. The predicted molar refractivity (Wildman–Crippen MR) is 120 cm³/mol. The van der Waals surface area contributed by atoms with E-state index in [0.29, 0.717) is 29.3 Å². The fraction of sp³-hybridized carbons (Fsp3) is 0.500. The van der Waals surface area contributed by atoms with Crippen LogP contribution in [-0.4, -0.2) is 75.1 Å². The van der Waals surface area contributed by atoms with Crippen LogP contribution in [-0.2, 0) is 17.7 Å². The maximum absolute atomic E-state index is 12.7. The average molecular weight is 445 g/mol. The lowest BCUT2D eigenvalue weighted by Gasteiger charge is -2.29. The van der Waals surface area contributed by atoms with E-state index in [1.54, 1.807) is 7.11 Å². The van der Waals surface area contributed by atoms with E-state index in [1.807, 2.05) is 19.1 Å². The van der Waals surface area contributed by atoms with Crippen molar-refractivity contribution in [1.29, 1.82) is 0 Å². The van der Waals surface area contributed by atoms with Crippen LogP contribution in [0.5, 0.6) is 5.75 Å². The Morgan fingerprint density at radius 2 is 2.13 bits per heavy atom. The molecule has 2 aliphatic rings. The number of hydrogen-bond donors (Lipinski definition) is 1. The van der Waals surface area contributed by atoms with E-state index < -0.39 is 0 Å². The third-order valence-corrected chi connectivity index (χ3v) is 7.04. The average Bonchev–Trinajstić information content (AvgIpc) is 3.20. The second kappa shape index (κ2) is 9.76. The molecule has 0 saturated carbocycles. The van der Waals surface area contributed by atoms with Crippen molar-refractivity contribution in [3.8, 4) is 5.75 Å². The lowest BCUT2D eigenvalue weighted by molar-refractivity contribution is 0.0383. The third-order valence-electron chi connectivity index (χ3n) is 5.82. The molecule has 0 atom stereocenters. The fourth-order valence-electron chi connectivity index (χ4n) is 4.09. The van der Waals surface area contributed by atoms with E-state index in [0.717, 1.165) is 74.1 Å². The van der Waals surface area contributed by atoms with Crippen molar-refractivity contribution in [2.24, 2.45) is 0 Å². The van der Waals surface area contributed by atoms with Crippen LogP contribution in [0.15, 0.2) is 12.1 Å².